The number of rotatable bonds is 3. The number of alkyl halides is 3. The first-order valence-electron chi connectivity index (χ1n) is 4.85. The van der Waals surface area contributed by atoms with Gasteiger partial charge in [0.15, 0.2) is 0 Å². The van der Waals surface area contributed by atoms with Crippen molar-refractivity contribution in [3.63, 3.8) is 0 Å². The fourth-order valence-corrected chi connectivity index (χ4v) is 2.02. The Morgan fingerprint density at radius 3 is 2.84 bits per heavy atom. The van der Waals surface area contributed by atoms with Gasteiger partial charge in [-0.1, -0.05) is 16.1 Å². The second kappa shape index (κ2) is 5.43. The third-order valence-corrected chi connectivity index (χ3v) is 3.23. The lowest BCUT2D eigenvalue weighted by atomic mass is 10.5. The summed E-state index contributed by atoms with van der Waals surface area (Å²) >= 11 is 5.98. The molecule has 0 aromatic carbocycles. The molecule has 0 radical (unpaired) electrons. The Morgan fingerprint density at radius 2 is 2.21 bits per heavy atom. The number of thiazole rings is 1. The van der Waals surface area contributed by atoms with Crippen molar-refractivity contribution in [2.75, 3.05) is 0 Å². The number of allylic oxidation sites excluding steroid dienone is 1. The van der Waals surface area contributed by atoms with Gasteiger partial charge in [0.05, 0.1) is 6.20 Å². The van der Waals surface area contributed by atoms with Gasteiger partial charge in [0.25, 0.3) is 6.35 Å². The van der Waals surface area contributed by atoms with Crippen LogP contribution in [-0.4, -0.2) is 21.6 Å². The molecule has 0 spiro atoms. The Hall–Kier alpha value is -1.19. The average molecular weight is 316 g/mol. The molecule has 0 saturated carbocycles. The highest BCUT2D eigenvalue weighted by atomic mass is 35.5. The Morgan fingerprint density at radius 1 is 1.47 bits per heavy atom. The van der Waals surface area contributed by atoms with Gasteiger partial charge < -0.3 is 4.74 Å². The molecule has 0 bridgehead atoms. The quantitative estimate of drug-likeness (QED) is 0.634. The van der Waals surface area contributed by atoms with E-state index in [1.165, 1.54) is 6.08 Å². The van der Waals surface area contributed by atoms with Crippen molar-refractivity contribution in [3.05, 3.63) is 28.4 Å². The molecule has 1 aliphatic heterocycles. The minimum atomic E-state index is -4.45. The van der Waals surface area contributed by atoms with Gasteiger partial charge >= 0.3 is 6.18 Å². The van der Waals surface area contributed by atoms with Crippen molar-refractivity contribution < 1.29 is 22.4 Å². The van der Waals surface area contributed by atoms with Gasteiger partial charge in [0.2, 0.25) is 0 Å². The summed E-state index contributed by atoms with van der Waals surface area (Å²) in [6.45, 7) is -0.298. The highest BCUT2D eigenvalue weighted by Crippen LogP contribution is 2.33. The van der Waals surface area contributed by atoms with E-state index < -0.39 is 17.4 Å². The first-order chi connectivity index (χ1) is 8.86. The van der Waals surface area contributed by atoms with Crippen molar-refractivity contribution in [3.8, 4) is 0 Å². The maximum atomic E-state index is 13.2. The molecule has 19 heavy (non-hydrogen) atoms. The molecule has 2 heterocycles. The van der Waals surface area contributed by atoms with Gasteiger partial charge in [-0.3, -0.25) is 0 Å². The summed E-state index contributed by atoms with van der Waals surface area (Å²) in [4.78, 5) is 6.32. The van der Waals surface area contributed by atoms with Crippen LogP contribution in [0.4, 0.5) is 17.7 Å². The molecule has 10 heteroatoms. The van der Waals surface area contributed by atoms with Crippen LogP contribution in [0.5, 0.6) is 0 Å². The van der Waals surface area contributed by atoms with E-state index in [2.05, 4.69) is 9.98 Å². The zero-order chi connectivity index (χ0) is 14.0. The number of ether oxygens (including phenoxy) is 1. The first-order valence-corrected chi connectivity index (χ1v) is 6.05. The number of aliphatic imine (C=N–C) groups is 1. The van der Waals surface area contributed by atoms with E-state index in [0.717, 1.165) is 6.20 Å². The molecular formula is C9H6ClF4N3OS. The molecule has 4 nitrogen and oxygen atoms in total. The van der Waals surface area contributed by atoms with Crippen LogP contribution < -0.4 is 0 Å². The van der Waals surface area contributed by atoms with Crippen molar-refractivity contribution in [1.29, 1.82) is 0 Å². The molecule has 0 N–H and O–H groups in total. The predicted molar refractivity (Wildman–Crippen MR) is 61.1 cm³/mol. The lowest BCUT2D eigenvalue weighted by Crippen LogP contribution is -2.28. The van der Waals surface area contributed by atoms with Crippen LogP contribution in [0.25, 0.3) is 0 Å². The van der Waals surface area contributed by atoms with Crippen LogP contribution in [0.1, 0.15) is 9.88 Å². The molecule has 0 saturated heterocycles. The predicted octanol–water partition coefficient (Wildman–Crippen LogP) is 3.31. The van der Waals surface area contributed by atoms with Crippen LogP contribution in [0.2, 0.25) is 0 Å². The van der Waals surface area contributed by atoms with Crippen LogP contribution in [-0.2, 0) is 17.5 Å². The van der Waals surface area contributed by atoms with Gasteiger partial charge in [-0.25, -0.2) is 9.98 Å². The number of nitrogens with zero attached hydrogens (tertiary/aromatic N) is 3. The monoisotopic (exact) mass is 315 g/mol. The van der Waals surface area contributed by atoms with Crippen LogP contribution in [0.15, 0.2) is 23.5 Å². The third kappa shape index (κ3) is 3.64. The Balaban J connectivity index is 1.96. The summed E-state index contributed by atoms with van der Waals surface area (Å²) in [7, 11) is 0. The smallest absolute Gasteiger partial charge is 0.330 e. The number of hydrogen-bond donors (Lipinski definition) is 0. The number of hydrogen-bond acceptors (Lipinski definition) is 5. The minimum Gasteiger partial charge on any atom is -0.330 e. The second-order valence-corrected chi connectivity index (χ2v) is 4.87. The van der Waals surface area contributed by atoms with Crippen molar-refractivity contribution >= 4 is 28.1 Å². The molecular weight excluding hydrogens is 310 g/mol. The molecule has 0 amide bonds. The van der Waals surface area contributed by atoms with Gasteiger partial charge in [-0.2, -0.15) is 18.3 Å². The topological polar surface area (TPSA) is 37.7 Å². The van der Waals surface area contributed by atoms with Gasteiger partial charge in [0.1, 0.15) is 21.7 Å². The number of halogens is 5. The molecule has 1 aromatic rings. The molecule has 104 valence electrons. The largest absolute Gasteiger partial charge is 0.427 e. The summed E-state index contributed by atoms with van der Waals surface area (Å²) in [6.07, 6.45) is -2.85. The number of aromatic nitrogens is 1. The standard InChI is InChI=1S/C9H6ClF4N3OS/c10-6-1-2-17(14)8(16-6)18-4-7-15-3-5(19-7)9(11,12)13/h1-3,8H,4H2. The van der Waals surface area contributed by atoms with E-state index in [-0.39, 0.29) is 21.9 Å². The van der Waals surface area contributed by atoms with Crippen molar-refractivity contribution in [2.24, 2.45) is 4.99 Å². The van der Waals surface area contributed by atoms with E-state index in [1.54, 1.807) is 0 Å². The van der Waals surface area contributed by atoms with Gasteiger partial charge in [0, 0.05) is 6.20 Å². The van der Waals surface area contributed by atoms with E-state index in [9.17, 15) is 17.7 Å². The molecule has 0 aliphatic carbocycles. The summed E-state index contributed by atoms with van der Waals surface area (Å²) in [6, 6.07) is 0. The fourth-order valence-electron chi connectivity index (χ4n) is 1.17. The van der Waals surface area contributed by atoms with E-state index in [0.29, 0.717) is 17.5 Å². The third-order valence-electron chi connectivity index (χ3n) is 1.99. The lowest BCUT2D eigenvalue weighted by molar-refractivity contribution is -0.134. The SMILES string of the molecule is FN1C=CC(Cl)=NC1OCc1ncc(C(F)(F)F)s1. The summed E-state index contributed by atoms with van der Waals surface area (Å²) < 4.78 is 55.1. The maximum Gasteiger partial charge on any atom is 0.427 e. The average Bonchev–Trinajstić information content (AvgIpc) is 2.79. The van der Waals surface area contributed by atoms with Gasteiger partial charge in [-0.15, -0.1) is 11.3 Å². The fraction of sp³-hybridized carbons (Fsp3) is 0.333. The summed E-state index contributed by atoms with van der Waals surface area (Å²) in [5.74, 6) is 0. The lowest BCUT2D eigenvalue weighted by Gasteiger charge is -2.20. The Kier molecular flexibility index (Phi) is 4.07. The van der Waals surface area contributed by atoms with Crippen LogP contribution in [0.3, 0.4) is 0 Å². The van der Waals surface area contributed by atoms with Crippen LogP contribution in [0, 0.1) is 0 Å². The van der Waals surface area contributed by atoms with E-state index >= 15 is 0 Å². The summed E-state index contributed by atoms with van der Waals surface area (Å²) in [5, 5.41) is 0.250. The van der Waals surface area contributed by atoms with Gasteiger partial charge in [-0.05, 0) is 6.08 Å². The van der Waals surface area contributed by atoms with Crippen LogP contribution >= 0.6 is 22.9 Å². The Bertz CT molecular complexity index is 516. The zero-order valence-corrected chi connectivity index (χ0v) is 10.6. The second-order valence-electron chi connectivity index (χ2n) is 3.37. The molecule has 1 aliphatic rings. The zero-order valence-electron chi connectivity index (χ0n) is 9.06. The van der Waals surface area contributed by atoms with Crippen molar-refractivity contribution in [2.45, 2.75) is 19.1 Å². The molecule has 2 rings (SSSR count). The Labute approximate surface area is 113 Å². The molecule has 1 aromatic heterocycles. The van der Waals surface area contributed by atoms with E-state index in [1.807, 2.05) is 0 Å². The normalized spacial score (nSPS) is 19.7. The van der Waals surface area contributed by atoms with E-state index in [4.69, 9.17) is 16.3 Å². The first kappa shape index (κ1) is 14.2. The maximum absolute atomic E-state index is 13.2. The molecule has 1 unspecified atom stereocenters. The molecule has 0 fully saturated rings. The minimum absolute atomic E-state index is 0.0361. The molecule has 1 atom stereocenters. The highest BCUT2D eigenvalue weighted by Gasteiger charge is 2.33. The van der Waals surface area contributed by atoms with Crippen molar-refractivity contribution in [1.82, 2.24) is 10.1 Å². The summed E-state index contributed by atoms with van der Waals surface area (Å²) in [5.41, 5.74) is 0. The highest BCUT2D eigenvalue weighted by molar-refractivity contribution is 7.11.